The van der Waals surface area contributed by atoms with Crippen LogP contribution in [0.25, 0.3) is 0 Å². The molecule has 0 aliphatic carbocycles. The van der Waals surface area contributed by atoms with Crippen LogP contribution in [0.3, 0.4) is 0 Å². The highest BCUT2D eigenvalue weighted by molar-refractivity contribution is 9.10. The Morgan fingerprint density at radius 3 is 2.83 bits per heavy atom. The monoisotopic (exact) mass is 314 g/mol. The fourth-order valence-corrected chi connectivity index (χ4v) is 1.93. The van der Waals surface area contributed by atoms with Crippen LogP contribution in [0.2, 0.25) is 0 Å². The fraction of sp³-hybridized carbons (Fsp3) is 0.462. The number of hydrogen-bond donors (Lipinski definition) is 2. The van der Waals surface area contributed by atoms with Crippen LogP contribution in [-0.2, 0) is 11.3 Å². The van der Waals surface area contributed by atoms with Crippen molar-refractivity contribution in [2.24, 2.45) is 5.73 Å². The summed E-state index contributed by atoms with van der Waals surface area (Å²) in [4.78, 5) is 10.9. The topological polar surface area (TPSA) is 64.3 Å². The van der Waals surface area contributed by atoms with E-state index in [1.165, 1.54) is 0 Å². The van der Waals surface area contributed by atoms with Crippen molar-refractivity contribution >= 4 is 21.8 Å². The summed E-state index contributed by atoms with van der Waals surface area (Å²) in [6, 6.07) is 5.79. The molecule has 0 aliphatic heterocycles. The molecule has 1 rings (SSSR count). The smallest absolute Gasteiger partial charge is 0.258 e. The van der Waals surface area contributed by atoms with Gasteiger partial charge in [0.1, 0.15) is 5.75 Å². The number of nitrogens with two attached hydrogens (primary N) is 1. The second-order valence-corrected chi connectivity index (χ2v) is 4.96. The van der Waals surface area contributed by atoms with E-state index in [-0.39, 0.29) is 0 Å². The van der Waals surface area contributed by atoms with Gasteiger partial charge in [0.15, 0.2) is 6.10 Å². The van der Waals surface area contributed by atoms with Crippen LogP contribution in [0, 0.1) is 0 Å². The average molecular weight is 315 g/mol. The summed E-state index contributed by atoms with van der Waals surface area (Å²) in [5.74, 6) is 0.149. The molecule has 18 heavy (non-hydrogen) atoms. The maximum Gasteiger partial charge on any atom is 0.258 e. The maximum atomic E-state index is 10.9. The molecule has 4 nitrogen and oxygen atoms in total. The third-order valence-electron chi connectivity index (χ3n) is 2.46. The van der Waals surface area contributed by atoms with Gasteiger partial charge in [-0.2, -0.15) is 0 Å². The fourth-order valence-electron chi connectivity index (χ4n) is 1.41. The summed E-state index contributed by atoms with van der Waals surface area (Å²) in [6.45, 7) is 5.57. The van der Waals surface area contributed by atoms with E-state index in [1.807, 2.05) is 18.2 Å². The number of hydrogen-bond acceptors (Lipinski definition) is 3. The molecule has 0 heterocycles. The number of nitrogens with one attached hydrogen (secondary N) is 1. The van der Waals surface area contributed by atoms with Crippen molar-refractivity contribution in [3.63, 3.8) is 0 Å². The third kappa shape index (κ3) is 4.66. The van der Waals surface area contributed by atoms with Crippen molar-refractivity contribution < 1.29 is 9.53 Å². The molecule has 0 aromatic heterocycles. The molecule has 100 valence electrons. The van der Waals surface area contributed by atoms with Gasteiger partial charge in [-0.15, -0.1) is 0 Å². The van der Waals surface area contributed by atoms with Gasteiger partial charge < -0.3 is 15.8 Å². The molecule has 0 radical (unpaired) electrons. The summed E-state index contributed by atoms with van der Waals surface area (Å²) < 4.78 is 6.27. The number of benzene rings is 1. The van der Waals surface area contributed by atoms with E-state index < -0.39 is 12.0 Å². The van der Waals surface area contributed by atoms with E-state index in [9.17, 15) is 4.79 Å². The maximum absolute atomic E-state index is 10.9. The zero-order chi connectivity index (χ0) is 13.5. The lowest BCUT2D eigenvalue weighted by Gasteiger charge is -2.13. The minimum absolute atomic E-state index is 0.476. The Labute approximate surface area is 116 Å². The Morgan fingerprint density at radius 2 is 2.28 bits per heavy atom. The lowest BCUT2D eigenvalue weighted by molar-refractivity contribution is -0.124. The van der Waals surface area contributed by atoms with E-state index in [1.54, 1.807) is 6.92 Å². The molecule has 0 saturated heterocycles. The van der Waals surface area contributed by atoms with Crippen LogP contribution in [0.1, 0.15) is 25.8 Å². The molecule has 0 spiro atoms. The zero-order valence-electron chi connectivity index (χ0n) is 10.7. The predicted molar refractivity (Wildman–Crippen MR) is 75.4 cm³/mol. The van der Waals surface area contributed by atoms with Gasteiger partial charge in [-0.25, -0.2) is 0 Å². The first kappa shape index (κ1) is 15.0. The number of primary amides is 1. The molecular formula is C13H19BrN2O2. The molecule has 0 bridgehead atoms. The van der Waals surface area contributed by atoms with Crippen molar-refractivity contribution in [1.82, 2.24) is 5.32 Å². The molecule has 1 aromatic carbocycles. The van der Waals surface area contributed by atoms with Crippen LogP contribution in [0.15, 0.2) is 22.7 Å². The normalized spacial score (nSPS) is 12.2. The van der Waals surface area contributed by atoms with Gasteiger partial charge in [0.05, 0.1) is 4.47 Å². The van der Waals surface area contributed by atoms with Crippen LogP contribution in [-0.4, -0.2) is 18.6 Å². The van der Waals surface area contributed by atoms with E-state index in [4.69, 9.17) is 10.5 Å². The van der Waals surface area contributed by atoms with Gasteiger partial charge in [0, 0.05) is 6.54 Å². The predicted octanol–water partition coefficient (Wildman–Crippen LogP) is 2.20. The summed E-state index contributed by atoms with van der Waals surface area (Å²) >= 11 is 3.43. The highest BCUT2D eigenvalue weighted by Crippen LogP contribution is 2.26. The van der Waals surface area contributed by atoms with Crippen molar-refractivity contribution in [2.75, 3.05) is 6.54 Å². The Hall–Kier alpha value is -1.07. The van der Waals surface area contributed by atoms with E-state index in [0.717, 1.165) is 29.5 Å². The van der Waals surface area contributed by atoms with Crippen LogP contribution in [0.5, 0.6) is 5.75 Å². The van der Waals surface area contributed by atoms with Gasteiger partial charge in [-0.1, -0.05) is 13.0 Å². The molecule has 1 atom stereocenters. The first-order chi connectivity index (χ1) is 8.54. The molecule has 5 heteroatoms. The average Bonchev–Trinajstić information content (AvgIpc) is 2.32. The molecule has 1 amide bonds. The molecule has 1 aromatic rings. The van der Waals surface area contributed by atoms with E-state index in [0.29, 0.717) is 5.75 Å². The minimum Gasteiger partial charge on any atom is -0.480 e. The first-order valence-corrected chi connectivity index (χ1v) is 6.79. The van der Waals surface area contributed by atoms with E-state index in [2.05, 4.69) is 28.2 Å². The van der Waals surface area contributed by atoms with Crippen molar-refractivity contribution in [3.05, 3.63) is 28.2 Å². The van der Waals surface area contributed by atoms with Crippen LogP contribution >= 0.6 is 15.9 Å². The lowest BCUT2D eigenvalue weighted by atomic mass is 10.2. The lowest BCUT2D eigenvalue weighted by Crippen LogP contribution is -2.30. The Balaban J connectivity index is 2.64. The number of halogens is 1. The number of ether oxygens (including phenoxy) is 1. The highest BCUT2D eigenvalue weighted by Gasteiger charge is 2.12. The molecule has 1 unspecified atom stereocenters. The number of carbonyl (C=O) groups excluding carboxylic acids is 1. The van der Waals surface area contributed by atoms with Crippen molar-refractivity contribution in [3.8, 4) is 5.75 Å². The van der Waals surface area contributed by atoms with Gasteiger partial charge >= 0.3 is 0 Å². The molecule has 0 fully saturated rings. The summed E-state index contributed by atoms with van der Waals surface area (Å²) in [5, 5.41) is 3.32. The van der Waals surface area contributed by atoms with Gasteiger partial charge in [-0.3, -0.25) is 4.79 Å². The van der Waals surface area contributed by atoms with Crippen molar-refractivity contribution in [2.45, 2.75) is 32.9 Å². The molecule has 0 aliphatic rings. The first-order valence-electron chi connectivity index (χ1n) is 5.99. The largest absolute Gasteiger partial charge is 0.480 e. The second-order valence-electron chi connectivity index (χ2n) is 4.10. The van der Waals surface area contributed by atoms with E-state index >= 15 is 0 Å². The number of rotatable bonds is 7. The van der Waals surface area contributed by atoms with Crippen LogP contribution < -0.4 is 15.8 Å². The minimum atomic E-state index is -0.634. The standard InChI is InChI=1S/C13H19BrN2O2/c1-3-6-16-8-10-4-5-12(11(14)7-10)18-9(2)13(15)17/h4-5,7,9,16H,3,6,8H2,1-2H3,(H2,15,17). The molecule has 0 saturated carbocycles. The number of carbonyl (C=O) groups is 1. The molecular weight excluding hydrogens is 296 g/mol. The summed E-state index contributed by atoms with van der Waals surface area (Å²) in [6.07, 6.45) is 0.476. The zero-order valence-corrected chi connectivity index (χ0v) is 12.3. The second kappa shape index (κ2) is 7.38. The van der Waals surface area contributed by atoms with Crippen molar-refractivity contribution in [1.29, 1.82) is 0 Å². The number of amides is 1. The summed E-state index contributed by atoms with van der Waals surface area (Å²) in [5.41, 5.74) is 6.32. The Kier molecular flexibility index (Phi) is 6.15. The highest BCUT2D eigenvalue weighted by atomic mass is 79.9. The van der Waals surface area contributed by atoms with Gasteiger partial charge in [0.2, 0.25) is 0 Å². The summed E-state index contributed by atoms with van der Waals surface area (Å²) in [7, 11) is 0. The Morgan fingerprint density at radius 1 is 1.56 bits per heavy atom. The van der Waals surface area contributed by atoms with Crippen LogP contribution in [0.4, 0.5) is 0 Å². The third-order valence-corrected chi connectivity index (χ3v) is 3.08. The Bertz CT molecular complexity index is 410. The molecule has 3 N–H and O–H groups in total. The SMILES string of the molecule is CCCNCc1ccc(OC(C)C(N)=O)c(Br)c1. The van der Waals surface area contributed by atoms with Gasteiger partial charge in [-0.05, 0) is 53.5 Å². The quantitative estimate of drug-likeness (QED) is 0.758. The van der Waals surface area contributed by atoms with Gasteiger partial charge in [0.25, 0.3) is 5.91 Å².